The van der Waals surface area contributed by atoms with Crippen molar-refractivity contribution in [2.75, 3.05) is 0 Å². The van der Waals surface area contributed by atoms with Crippen molar-refractivity contribution in [1.29, 1.82) is 0 Å². The third kappa shape index (κ3) is 1.87. The average Bonchev–Trinajstić information content (AvgIpc) is 2.84. The maximum Gasteiger partial charge on any atom is 0.0632 e. The van der Waals surface area contributed by atoms with Crippen LogP contribution in [0.2, 0.25) is 0 Å². The molecule has 2 N–H and O–H groups in total. The number of oxime groups is 1. The lowest BCUT2D eigenvalue weighted by Crippen LogP contribution is -2.54. The molecule has 0 amide bonds. The van der Waals surface area contributed by atoms with E-state index in [1.807, 2.05) is 0 Å². The van der Waals surface area contributed by atoms with Crippen LogP contribution in [0.1, 0.15) is 71.6 Å². The molecule has 22 heavy (non-hydrogen) atoms. The third-order valence-corrected chi connectivity index (χ3v) is 8.50. The monoisotopic (exact) mass is 305 g/mol. The SMILES string of the molecule is C[C@]12CCC3C(CC[C@H]4CC(O)CC[C@]34C)C1CCC2=NO. The Morgan fingerprint density at radius 2 is 1.82 bits per heavy atom. The first-order chi connectivity index (χ1) is 10.5. The number of nitrogens with zero attached hydrogens (tertiary/aromatic N) is 1. The van der Waals surface area contributed by atoms with Crippen LogP contribution in [-0.2, 0) is 0 Å². The zero-order valence-corrected chi connectivity index (χ0v) is 14.1. The number of hydrogen-bond acceptors (Lipinski definition) is 3. The molecule has 4 aliphatic rings. The predicted octanol–water partition coefficient (Wildman–Crippen LogP) is 4.22. The Morgan fingerprint density at radius 3 is 2.59 bits per heavy atom. The minimum Gasteiger partial charge on any atom is -0.411 e. The normalized spacial score (nSPS) is 56.3. The van der Waals surface area contributed by atoms with Crippen LogP contribution in [0.5, 0.6) is 0 Å². The fourth-order valence-electron chi connectivity index (χ4n) is 7.19. The summed E-state index contributed by atoms with van der Waals surface area (Å²) in [5.74, 6) is 3.10. The molecule has 0 aliphatic heterocycles. The molecule has 0 saturated heterocycles. The summed E-state index contributed by atoms with van der Waals surface area (Å²) in [6.45, 7) is 4.88. The van der Waals surface area contributed by atoms with Crippen molar-refractivity contribution in [2.24, 2.45) is 39.7 Å². The lowest BCUT2D eigenvalue weighted by Gasteiger charge is -2.60. The summed E-state index contributed by atoms with van der Waals surface area (Å²) in [5.41, 5.74) is 1.68. The minimum atomic E-state index is -0.0527. The van der Waals surface area contributed by atoms with Crippen LogP contribution in [-0.4, -0.2) is 22.1 Å². The van der Waals surface area contributed by atoms with Gasteiger partial charge in [-0.1, -0.05) is 19.0 Å². The van der Waals surface area contributed by atoms with Gasteiger partial charge in [-0.3, -0.25) is 0 Å². The molecule has 4 rings (SSSR count). The Morgan fingerprint density at radius 1 is 1.00 bits per heavy atom. The first-order valence-electron chi connectivity index (χ1n) is 9.38. The van der Waals surface area contributed by atoms with Gasteiger partial charge in [0.2, 0.25) is 0 Å². The fraction of sp³-hybridized carbons (Fsp3) is 0.947. The standard InChI is InChI=1S/C19H31NO2/c1-18-9-7-13(21)11-12(18)3-4-14-15-5-6-17(20-22)19(15,2)10-8-16(14)18/h12-16,21-22H,3-11H2,1-2H3/t12-,13?,14?,15?,16?,18-,19-/m0/s1. The number of hydrogen-bond donors (Lipinski definition) is 2. The van der Waals surface area contributed by atoms with E-state index in [-0.39, 0.29) is 11.5 Å². The second-order valence-corrected chi connectivity index (χ2v) is 9.13. The van der Waals surface area contributed by atoms with Crippen molar-refractivity contribution in [1.82, 2.24) is 0 Å². The van der Waals surface area contributed by atoms with Gasteiger partial charge < -0.3 is 10.3 Å². The number of rotatable bonds is 0. The molecule has 4 fully saturated rings. The Labute approximate surface area is 134 Å². The highest BCUT2D eigenvalue weighted by Crippen LogP contribution is 2.65. The number of fused-ring (bicyclic) bond motifs is 5. The molecule has 3 nitrogen and oxygen atoms in total. The molecule has 124 valence electrons. The summed E-state index contributed by atoms with van der Waals surface area (Å²) in [6.07, 6.45) is 10.5. The lowest BCUT2D eigenvalue weighted by molar-refractivity contribution is -0.114. The maximum atomic E-state index is 10.1. The van der Waals surface area contributed by atoms with Crippen molar-refractivity contribution in [3.8, 4) is 0 Å². The van der Waals surface area contributed by atoms with Gasteiger partial charge in [-0.25, -0.2) is 0 Å². The van der Waals surface area contributed by atoms with Gasteiger partial charge in [-0.15, -0.1) is 0 Å². The molecular weight excluding hydrogens is 274 g/mol. The van der Waals surface area contributed by atoms with E-state index in [0.29, 0.717) is 5.41 Å². The van der Waals surface area contributed by atoms with E-state index in [4.69, 9.17) is 0 Å². The summed E-state index contributed by atoms with van der Waals surface area (Å²) in [4.78, 5) is 0. The van der Waals surface area contributed by atoms with E-state index < -0.39 is 0 Å². The van der Waals surface area contributed by atoms with Gasteiger partial charge in [0, 0.05) is 5.41 Å². The van der Waals surface area contributed by atoms with Crippen LogP contribution in [0.15, 0.2) is 5.16 Å². The predicted molar refractivity (Wildman–Crippen MR) is 87.0 cm³/mol. The quantitative estimate of drug-likeness (QED) is 0.520. The van der Waals surface area contributed by atoms with Crippen molar-refractivity contribution in [3.63, 3.8) is 0 Å². The van der Waals surface area contributed by atoms with Crippen molar-refractivity contribution in [2.45, 2.75) is 77.7 Å². The highest BCUT2D eigenvalue weighted by molar-refractivity contribution is 5.91. The highest BCUT2D eigenvalue weighted by Gasteiger charge is 2.59. The van der Waals surface area contributed by atoms with Crippen LogP contribution in [0.25, 0.3) is 0 Å². The van der Waals surface area contributed by atoms with Gasteiger partial charge in [0.05, 0.1) is 11.8 Å². The molecular formula is C19H31NO2. The first kappa shape index (κ1) is 15.0. The van der Waals surface area contributed by atoms with Crippen molar-refractivity contribution in [3.05, 3.63) is 0 Å². The van der Waals surface area contributed by atoms with Gasteiger partial charge >= 0.3 is 0 Å². The maximum absolute atomic E-state index is 10.1. The molecule has 0 aromatic carbocycles. The van der Waals surface area contributed by atoms with E-state index in [2.05, 4.69) is 19.0 Å². The number of aliphatic hydroxyl groups excluding tert-OH is 1. The van der Waals surface area contributed by atoms with Gasteiger partial charge in [-0.2, -0.15) is 0 Å². The molecule has 0 spiro atoms. The molecule has 4 saturated carbocycles. The van der Waals surface area contributed by atoms with Gasteiger partial charge in [0.1, 0.15) is 0 Å². The summed E-state index contributed by atoms with van der Waals surface area (Å²) in [6, 6.07) is 0. The smallest absolute Gasteiger partial charge is 0.0632 e. The van der Waals surface area contributed by atoms with Crippen molar-refractivity contribution < 1.29 is 10.3 Å². The first-order valence-corrected chi connectivity index (χ1v) is 9.38. The highest BCUT2D eigenvalue weighted by atomic mass is 16.4. The second kappa shape index (κ2) is 4.96. The van der Waals surface area contributed by atoms with Crippen LogP contribution in [0, 0.1) is 34.5 Å². The molecule has 4 aliphatic carbocycles. The Kier molecular flexibility index (Phi) is 3.38. The number of aliphatic hydroxyl groups is 1. The van der Waals surface area contributed by atoms with E-state index in [0.717, 1.165) is 48.6 Å². The lowest BCUT2D eigenvalue weighted by atomic mass is 9.45. The molecule has 0 aromatic rings. The Balaban J connectivity index is 1.63. The van der Waals surface area contributed by atoms with E-state index in [9.17, 15) is 10.3 Å². The summed E-state index contributed by atoms with van der Waals surface area (Å²) >= 11 is 0. The molecule has 0 heterocycles. The van der Waals surface area contributed by atoms with Gasteiger partial charge in [0.15, 0.2) is 0 Å². The van der Waals surface area contributed by atoms with E-state index in [1.165, 1.54) is 38.5 Å². The average molecular weight is 305 g/mol. The Hall–Kier alpha value is -0.570. The van der Waals surface area contributed by atoms with E-state index >= 15 is 0 Å². The van der Waals surface area contributed by atoms with Crippen LogP contribution < -0.4 is 0 Å². The minimum absolute atomic E-state index is 0.0527. The summed E-state index contributed by atoms with van der Waals surface area (Å²) in [7, 11) is 0. The fourth-order valence-corrected chi connectivity index (χ4v) is 7.19. The zero-order chi connectivity index (χ0) is 15.5. The third-order valence-electron chi connectivity index (χ3n) is 8.50. The molecule has 3 heteroatoms. The Bertz CT molecular complexity index is 490. The van der Waals surface area contributed by atoms with Crippen LogP contribution in [0.3, 0.4) is 0 Å². The molecule has 0 aromatic heterocycles. The molecule has 0 bridgehead atoms. The van der Waals surface area contributed by atoms with Gasteiger partial charge in [0.25, 0.3) is 0 Å². The molecule has 7 atom stereocenters. The van der Waals surface area contributed by atoms with Crippen molar-refractivity contribution >= 4 is 5.71 Å². The van der Waals surface area contributed by atoms with Gasteiger partial charge in [-0.05, 0) is 86.9 Å². The van der Waals surface area contributed by atoms with Crippen LogP contribution in [0.4, 0.5) is 0 Å². The second-order valence-electron chi connectivity index (χ2n) is 9.13. The molecule has 0 radical (unpaired) electrons. The summed E-state index contributed by atoms with van der Waals surface area (Å²) < 4.78 is 0. The topological polar surface area (TPSA) is 52.8 Å². The largest absolute Gasteiger partial charge is 0.411 e. The summed E-state index contributed by atoms with van der Waals surface area (Å²) in [5, 5.41) is 23.1. The molecule has 4 unspecified atom stereocenters. The van der Waals surface area contributed by atoms with E-state index in [1.54, 1.807) is 0 Å². The zero-order valence-electron chi connectivity index (χ0n) is 14.1. The van der Waals surface area contributed by atoms with Crippen LogP contribution >= 0.6 is 0 Å².